The minimum Gasteiger partial charge on any atom is -0.463 e. The van der Waals surface area contributed by atoms with Gasteiger partial charge in [-0.1, -0.05) is 18.7 Å². The average molecular weight is 186 g/mol. The summed E-state index contributed by atoms with van der Waals surface area (Å²) >= 11 is 0. The quantitative estimate of drug-likeness (QED) is 0.685. The molecule has 1 aromatic heterocycles. The molecule has 0 radical (unpaired) electrons. The highest BCUT2D eigenvalue weighted by atomic mass is 16.3. The van der Waals surface area contributed by atoms with Crippen LogP contribution < -0.4 is 5.43 Å². The Morgan fingerprint density at radius 2 is 2.07 bits per heavy atom. The van der Waals surface area contributed by atoms with E-state index in [9.17, 15) is 4.79 Å². The first-order valence-electron chi connectivity index (χ1n) is 4.36. The molecule has 0 aliphatic carbocycles. The summed E-state index contributed by atoms with van der Waals surface area (Å²) in [5.41, 5.74) is 1.87. The van der Waals surface area contributed by atoms with Gasteiger partial charge < -0.3 is 4.42 Å². The van der Waals surface area contributed by atoms with Crippen molar-refractivity contribution < 1.29 is 4.42 Å². The standard InChI is InChI=1S/C12H10O2/c1-8(2)10-7-14-11-6-4-3-5-9(11)12(10)13/h3-7H,1H2,2H3. The van der Waals surface area contributed by atoms with Gasteiger partial charge in [0.25, 0.3) is 0 Å². The molecule has 0 atom stereocenters. The first kappa shape index (κ1) is 8.75. The van der Waals surface area contributed by atoms with E-state index < -0.39 is 0 Å². The molecule has 0 fully saturated rings. The van der Waals surface area contributed by atoms with Gasteiger partial charge in [-0.25, -0.2) is 0 Å². The molecule has 0 bridgehead atoms. The molecule has 2 aromatic rings. The van der Waals surface area contributed by atoms with Crippen molar-refractivity contribution in [1.29, 1.82) is 0 Å². The van der Waals surface area contributed by atoms with E-state index in [0.29, 0.717) is 16.5 Å². The molecule has 0 spiro atoms. The maximum atomic E-state index is 11.8. The predicted molar refractivity (Wildman–Crippen MR) is 57.2 cm³/mol. The maximum Gasteiger partial charge on any atom is 0.200 e. The normalized spacial score (nSPS) is 10.4. The lowest BCUT2D eigenvalue weighted by molar-refractivity contribution is 0.600. The van der Waals surface area contributed by atoms with Gasteiger partial charge in [-0.2, -0.15) is 0 Å². The number of fused-ring (bicyclic) bond motifs is 1. The Morgan fingerprint density at radius 1 is 1.36 bits per heavy atom. The third-order valence-corrected chi connectivity index (χ3v) is 2.14. The molecule has 2 rings (SSSR count). The van der Waals surface area contributed by atoms with Crippen molar-refractivity contribution in [1.82, 2.24) is 0 Å². The summed E-state index contributed by atoms with van der Waals surface area (Å²) in [6, 6.07) is 7.19. The number of hydrogen-bond acceptors (Lipinski definition) is 2. The lowest BCUT2D eigenvalue weighted by Crippen LogP contribution is -2.06. The molecule has 1 aromatic carbocycles. The van der Waals surface area contributed by atoms with Crippen LogP contribution in [0.3, 0.4) is 0 Å². The van der Waals surface area contributed by atoms with Gasteiger partial charge >= 0.3 is 0 Å². The maximum absolute atomic E-state index is 11.8. The zero-order chi connectivity index (χ0) is 10.1. The summed E-state index contributed by atoms with van der Waals surface area (Å²) in [5, 5.41) is 0.605. The first-order valence-corrected chi connectivity index (χ1v) is 4.36. The van der Waals surface area contributed by atoms with E-state index in [-0.39, 0.29) is 5.43 Å². The Hall–Kier alpha value is -1.83. The van der Waals surface area contributed by atoms with Crippen LogP contribution in [0.2, 0.25) is 0 Å². The van der Waals surface area contributed by atoms with Gasteiger partial charge in [0.05, 0.1) is 10.9 Å². The fourth-order valence-electron chi connectivity index (χ4n) is 1.37. The van der Waals surface area contributed by atoms with Crippen LogP contribution in [0, 0.1) is 0 Å². The molecule has 14 heavy (non-hydrogen) atoms. The van der Waals surface area contributed by atoms with Crippen LogP contribution in [0.5, 0.6) is 0 Å². The zero-order valence-corrected chi connectivity index (χ0v) is 7.91. The monoisotopic (exact) mass is 186 g/mol. The van der Waals surface area contributed by atoms with Crippen LogP contribution in [0.1, 0.15) is 12.5 Å². The second-order valence-electron chi connectivity index (χ2n) is 3.25. The molecule has 1 heterocycles. The van der Waals surface area contributed by atoms with Crippen molar-refractivity contribution in [3.63, 3.8) is 0 Å². The topological polar surface area (TPSA) is 30.2 Å². The van der Waals surface area contributed by atoms with Crippen LogP contribution in [-0.2, 0) is 0 Å². The Morgan fingerprint density at radius 3 is 2.79 bits per heavy atom. The second kappa shape index (κ2) is 3.14. The molecule has 0 amide bonds. The molecule has 2 nitrogen and oxygen atoms in total. The fourth-order valence-corrected chi connectivity index (χ4v) is 1.37. The van der Waals surface area contributed by atoms with Crippen molar-refractivity contribution in [3.05, 3.63) is 52.9 Å². The molecular formula is C12H10O2. The summed E-state index contributed by atoms with van der Waals surface area (Å²) < 4.78 is 5.32. The summed E-state index contributed by atoms with van der Waals surface area (Å²) in [5.74, 6) is 0. The largest absolute Gasteiger partial charge is 0.463 e. The molecule has 70 valence electrons. The highest BCUT2D eigenvalue weighted by Crippen LogP contribution is 2.13. The van der Waals surface area contributed by atoms with E-state index in [1.165, 1.54) is 6.26 Å². The lowest BCUT2D eigenvalue weighted by Gasteiger charge is -2.00. The van der Waals surface area contributed by atoms with Crippen molar-refractivity contribution in [3.8, 4) is 0 Å². The van der Waals surface area contributed by atoms with Crippen LogP contribution in [0.25, 0.3) is 16.5 Å². The molecule has 0 saturated carbocycles. The van der Waals surface area contributed by atoms with Crippen LogP contribution in [0.4, 0.5) is 0 Å². The number of allylic oxidation sites excluding steroid dienone is 1. The van der Waals surface area contributed by atoms with E-state index in [1.54, 1.807) is 19.1 Å². The third kappa shape index (κ3) is 1.25. The minimum atomic E-state index is -0.0145. The van der Waals surface area contributed by atoms with Crippen molar-refractivity contribution >= 4 is 16.5 Å². The van der Waals surface area contributed by atoms with Gasteiger partial charge in [-0.15, -0.1) is 0 Å². The van der Waals surface area contributed by atoms with Crippen molar-refractivity contribution in [2.24, 2.45) is 0 Å². The minimum absolute atomic E-state index is 0.0145. The van der Waals surface area contributed by atoms with E-state index in [1.807, 2.05) is 12.1 Å². The molecule has 0 unspecified atom stereocenters. The van der Waals surface area contributed by atoms with Crippen LogP contribution >= 0.6 is 0 Å². The Labute approximate surface area is 81.5 Å². The molecule has 0 aliphatic rings. The van der Waals surface area contributed by atoms with Crippen molar-refractivity contribution in [2.45, 2.75) is 6.92 Å². The lowest BCUT2D eigenvalue weighted by atomic mass is 10.1. The van der Waals surface area contributed by atoms with Crippen molar-refractivity contribution in [2.75, 3.05) is 0 Å². The second-order valence-corrected chi connectivity index (χ2v) is 3.25. The van der Waals surface area contributed by atoms with E-state index in [2.05, 4.69) is 6.58 Å². The molecular weight excluding hydrogens is 176 g/mol. The Kier molecular flexibility index (Phi) is 1.97. The van der Waals surface area contributed by atoms with Crippen LogP contribution in [0.15, 0.2) is 46.3 Å². The Bertz CT molecular complexity index is 549. The smallest absolute Gasteiger partial charge is 0.200 e. The highest BCUT2D eigenvalue weighted by Gasteiger charge is 2.05. The average Bonchev–Trinajstić information content (AvgIpc) is 2.18. The summed E-state index contributed by atoms with van der Waals surface area (Å²) in [7, 11) is 0. The van der Waals surface area contributed by atoms with Gasteiger partial charge in [0.15, 0.2) is 5.43 Å². The highest BCUT2D eigenvalue weighted by molar-refractivity contribution is 5.79. The summed E-state index contributed by atoms with van der Waals surface area (Å²) in [4.78, 5) is 11.8. The van der Waals surface area contributed by atoms with Gasteiger partial charge in [0.2, 0.25) is 0 Å². The van der Waals surface area contributed by atoms with Gasteiger partial charge in [0.1, 0.15) is 11.8 Å². The molecule has 0 saturated heterocycles. The first-order chi connectivity index (χ1) is 6.70. The van der Waals surface area contributed by atoms with Gasteiger partial charge in [-0.3, -0.25) is 4.79 Å². The van der Waals surface area contributed by atoms with Gasteiger partial charge in [-0.05, 0) is 24.6 Å². The SMILES string of the molecule is C=C(C)c1coc2ccccc2c1=O. The van der Waals surface area contributed by atoms with E-state index in [0.717, 1.165) is 5.57 Å². The summed E-state index contributed by atoms with van der Waals surface area (Å²) in [6.45, 7) is 5.53. The molecule has 0 aliphatic heterocycles. The number of hydrogen-bond donors (Lipinski definition) is 0. The summed E-state index contributed by atoms with van der Waals surface area (Å²) in [6.07, 6.45) is 1.47. The van der Waals surface area contributed by atoms with Crippen LogP contribution in [-0.4, -0.2) is 0 Å². The number of para-hydroxylation sites is 1. The van der Waals surface area contributed by atoms with Gasteiger partial charge in [0, 0.05) is 0 Å². The van der Waals surface area contributed by atoms with E-state index in [4.69, 9.17) is 4.42 Å². The zero-order valence-electron chi connectivity index (χ0n) is 7.91. The van der Waals surface area contributed by atoms with E-state index >= 15 is 0 Å². The fraction of sp³-hybridized carbons (Fsp3) is 0.0833. The predicted octanol–water partition coefficient (Wildman–Crippen LogP) is 2.83. The third-order valence-electron chi connectivity index (χ3n) is 2.14. The Balaban J connectivity index is 2.89. The molecule has 2 heteroatoms. The number of rotatable bonds is 1. The number of benzene rings is 1. The molecule has 0 N–H and O–H groups in total.